The van der Waals surface area contributed by atoms with Gasteiger partial charge in [-0.3, -0.25) is 0 Å². The largest absolute Gasteiger partial charge is 0.496 e. The molecule has 5 heteroatoms. The molecule has 0 spiro atoms. The minimum Gasteiger partial charge on any atom is -0.496 e. The Morgan fingerprint density at radius 2 is 2.10 bits per heavy atom. The summed E-state index contributed by atoms with van der Waals surface area (Å²) in [6.07, 6.45) is 3.42. The SMILES string of the molecule is COc1cc(N)ccc1C(=O)OCCCN1CCCC1. The molecule has 0 amide bonds. The van der Waals surface area contributed by atoms with Crippen LogP contribution >= 0.6 is 0 Å². The zero-order valence-corrected chi connectivity index (χ0v) is 11.9. The van der Waals surface area contributed by atoms with Gasteiger partial charge in [0.15, 0.2) is 0 Å². The number of carbonyl (C=O) groups is 1. The molecule has 1 saturated heterocycles. The fourth-order valence-corrected chi connectivity index (χ4v) is 2.41. The van der Waals surface area contributed by atoms with Crippen LogP contribution in [0, 0.1) is 0 Å². The quantitative estimate of drug-likeness (QED) is 0.489. The van der Waals surface area contributed by atoms with Crippen molar-refractivity contribution in [3.63, 3.8) is 0 Å². The summed E-state index contributed by atoms with van der Waals surface area (Å²) in [4.78, 5) is 14.4. The van der Waals surface area contributed by atoms with Crippen LogP contribution in [0.5, 0.6) is 5.75 Å². The molecule has 1 aromatic carbocycles. The second-order valence-corrected chi connectivity index (χ2v) is 5.00. The first-order chi connectivity index (χ1) is 9.70. The summed E-state index contributed by atoms with van der Waals surface area (Å²) < 4.78 is 10.4. The van der Waals surface area contributed by atoms with Crippen molar-refractivity contribution in [2.75, 3.05) is 39.1 Å². The lowest BCUT2D eigenvalue weighted by atomic mass is 10.2. The smallest absolute Gasteiger partial charge is 0.341 e. The number of nitrogens with zero attached hydrogens (tertiary/aromatic N) is 1. The summed E-state index contributed by atoms with van der Waals surface area (Å²) in [7, 11) is 1.51. The molecule has 0 aromatic heterocycles. The van der Waals surface area contributed by atoms with Crippen molar-refractivity contribution in [2.45, 2.75) is 19.3 Å². The molecule has 0 unspecified atom stereocenters. The van der Waals surface area contributed by atoms with Gasteiger partial charge in [0.2, 0.25) is 0 Å². The Labute approximate surface area is 119 Å². The Morgan fingerprint density at radius 1 is 1.35 bits per heavy atom. The lowest BCUT2D eigenvalue weighted by Gasteiger charge is -2.14. The van der Waals surface area contributed by atoms with E-state index in [0.29, 0.717) is 23.6 Å². The van der Waals surface area contributed by atoms with Gasteiger partial charge in [-0.2, -0.15) is 0 Å². The van der Waals surface area contributed by atoms with Crippen LogP contribution in [0.2, 0.25) is 0 Å². The number of rotatable bonds is 6. The van der Waals surface area contributed by atoms with Crippen molar-refractivity contribution in [1.82, 2.24) is 4.90 Å². The van der Waals surface area contributed by atoms with E-state index in [1.807, 2.05) is 0 Å². The second-order valence-electron chi connectivity index (χ2n) is 5.00. The van der Waals surface area contributed by atoms with Crippen molar-refractivity contribution in [1.29, 1.82) is 0 Å². The van der Waals surface area contributed by atoms with Gasteiger partial charge >= 0.3 is 5.97 Å². The van der Waals surface area contributed by atoms with Crippen LogP contribution in [-0.4, -0.2) is 44.2 Å². The number of anilines is 1. The number of likely N-dealkylation sites (tertiary alicyclic amines) is 1. The Hall–Kier alpha value is -1.75. The third-order valence-corrected chi connectivity index (χ3v) is 3.50. The van der Waals surface area contributed by atoms with E-state index >= 15 is 0 Å². The van der Waals surface area contributed by atoms with Gasteiger partial charge in [-0.25, -0.2) is 4.79 Å². The number of carbonyl (C=O) groups excluding carboxylic acids is 1. The van der Waals surface area contributed by atoms with Crippen LogP contribution in [0.25, 0.3) is 0 Å². The summed E-state index contributed by atoms with van der Waals surface area (Å²) in [5, 5.41) is 0. The number of esters is 1. The fourth-order valence-electron chi connectivity index (χ4n) is 2.41. The standard InChI is InChI=1S/C15H22N2O3/c1-19-14-11-12(16)5-6-13(14)15(18)20-10-4-9-17-7-2-3-8-17/h5-6,11H,2-4,7-10,16H2,1H3. The second kappa shape index (κ2) is 7.14. The summed E-state index contributed by atoms with van der Waals surface area (Å²) >= 11 is 0. The van der Waals surface area contributed by atoms with Crippen LogP contribution in [-0.2, 0) is 4.74 Å². The fraction of sp³-hybridized carbons (Fsp3) is 0.533. The Kier molecular flexibility index (Phi) is 5.24. The lowest BCUT2D eigenvalue weighted by Crippen LogP contribution is -2.22. The van der Waals surface area contributed by atoms with E-state index in [4.69, 9.17) is 15.2 Å². The maximum absolute atomic E-state index is 12.0. The molecule has 0 aliphatic carbocycles. The summed E-state index contributed by atoms with van der Waals surface area (Å²) in [5.41, 5.74) is 6.64. The van der Waals surface area contributed by atoms with E-state index in [1.54, 1.807) is 18.2 Å². The molecular weight excluding hydrogens is 256 g/mol. The first-order valence-corrected chi connectivity index (χ1v) is 7.03. The average molecular weight is 278 g/mol. The van der Waals surface area contributed by atoms with Gasteiger partial charge in [-0.05, 0) is 44.5 Å². The molecule has 1 heterocycles. The van der Waals surface area contributed by atoms with Crippen LogP contribution < -0.4 is 10.5 Å². The molecule has 0 bridgehead atoms. The minimum absolute atomic E-state index is 0.358. The van der Waals surface area contributed by atoms with Gasteiger partial charge in [0.1, 0.15) is 11.3 Å². The normalized spacial score (nSPS) is 15.2. The van der Waals surface area contributed by atoms with Crippen LogP contribution in [0.4, 0.5) is 5.69 Å². The number of nitrogen functional groups attached to an aromatic ring is 1. The highest BCUT2D eigenvalue weighted by Crippen LogP contribution is 2.22. The monoisotopic (exact) mass is 278 g/mol. The van der Waals surface area contributed by atoms with Crippen LogP contribution in [0.15, 0.2) is 18.2 Å². The minimum atomic E-state index is -0.358. The first kappa shape index (κ1) is 14.7. The van der Waals surface area contributed by atoms with E-state index in [1.165, 1.54) is 33.0 Å². The topological polar surface area (TPSA) is 64.8 Å². The van der Waals surface area contributed by atoms with Crippen molar-refractivity contribution >= 4 is 11.7 Å². The molecule has 5 nitrogen and oxygen atoms in total. The molecule has 20 heavy (non-hydrogen) atoms. The molecular formula is C15H22N2O3. The average Bonchev–Trinajstić information content (AvgIpc) is 2.96. The Bertz CT molecular complexity index is 456. The van der Waals surface area contributed by atoms with Gasteiger partial charge in [0.05, 0.1) is 13.7 Å². The molecule has 2 rings (SSSR count). The molecule has 1 aliphatic rings. The maximum Gasteiger partial charge on any atom is 0.341 e. The van der Waals surface area contributed by atoms with Crippen molar-refractivity contribution in [3.8, 4) is 5.75 Å². The lowest BCUT2D eigenvalue weighted by molar-refractivity contribution is 0.0487. The molecule has 2 N–H and O–H groups in total. The van der Waals surface area contributed by atoms with Gasteiger partial charge < -0.3 is 20.1 Å². The van der Waals surface area contributed by atoms with Crippen molar-refractivity contribution in [3.05, 3.63) is 23.8 Å². The Morgan fingerprint density at radius 3 is 2.80 bits per heavy atom. The number of methoxy groups -OCH3 is 1. The zero-order chi connectivity index (χ0) is 14.4. The molecule has 0 saturated carbocycles. The number of hydrogen-bond donors (Lipinski definition) is 1. The van der Waals surface area contributed by atoms with Gasteiger partial charge in [0, 0.05) is 18.3 Å². The van der Waals surface area contributed by atoms with E-state index in [9.17, 15) is 4.79 Å². The first-order valence-electron chi connectivity index (χ1n) is 7.03. The van der Waals surface area contributed by atoms with Gasteiger partial charge in [0.25, 0.3) is 0 Å². The van der Waals surface area contributed by atoms with Crippen LogP contribution in [0.3, 0.4) is 0 Å². The highest BCUT2D eigenvalue weighted by atomic mass is 16.5. The van der Waals surface area contributed by atoms with E-state index in [-0.39, 0.29) is 5.97 Å². The summed E-state index contributed by atoms with van der Waals surface area (Å²) in [5.74, 6) is 0.0952. The number of benzene rings is 1. The summed E-state index contributed by atoms with van der Waals surface area (Å²) in [6.45, 7) is 3.76. The molecule has 1 aliphatic heterocycles. The third kappa shape index (κ3) is 3.87. The van der Waals surface area contributed by atoms with E-state index < -0.39 is 0 Å². The highest BCUT2D eigenvalue weighted by molar-refractivity contribution is 5.93. The molecule has 1 aromatic rings. The van der Waals surface area contributed by atoms with Gasteiger partial charge in [-0.1, -0.05) is 0 Å². The molecule has 110 valence electrons. The highest BCUT2D eigenvalue weighted by Gasteiger charge is 2.15. The van der Waals surface area contributed by atoms with E-state index in [2.05, 4.69) is 4.90 Å². The maximum atomic E-state index is 12.0. The number of nitrogens with two attached hydrogens (primary N) is 1. The Balaban J connectivity index is 1.79. The number of ether oxygens (including phenoxy) is 2. The van der Waals surface area contributed by atoms with E-state index in [0.717, 1.165) is 13.0 Å². The summed E-state index contributed by atoms with van der Waals surface area (Å²) in [6, 6.07) is 4.93. The molecule has 1 fully saturated rings. The van der Waals surface area contributed by atoms with Crippen molar-refractivity contribution < 1.29 is 14.3 Å². The van der Waals surface area contributed by atoms with Crippen molar-refractivity contribution in [2.24, 2.45) is 0 Å². The zero-order valence-electron chi connectivity index (χ0n) is 11.9. The van der Waals surface area contributed by atoms with Crippen LogP contribution in [0.1, 0.15) is 29.6 Å². The molecule has 0 radical (unpaired) electrons. The predicted octanol–water partition coefficient (Wildman–Crippen LogP) is 1.92. The number of hydrogen-bond acceptors (Lipinski definition) is 5. The third-order valence-electron chi connectivity index (χ3n) is 3.50. The van der Waals surface area contributed by atoms with Gasteiger partial charge in [-0.15, -0.1) is 0 Å². The molecule has 0 atom stereocenters. The predicted molar refractivity (Wildman–Crippen MR) is 78.0 cm³/mol.